The maximum atomic E-state index is 12.5. The van der Waals surface area contributed by atoms with Crippen molar-refractivity contribution in [2.24, 2.45) is 11.3 Å². The summed E-state index contributed by atoms with van der Waals surface area (Å²) in [5, 5.41) is 13.0. The first-order valence-electron chi connectivity index (χ1n) is 8.08. The first-order valence-corrected chi connectivity index (χ1v) is 8.08. The first-order chi connectivity index (χ1) is 11.1. The van der Waals surface area contributed by atoms with Gasteiger partial charge in [-0.1, -0.05) is 33.8 Å². The molecule has 2 N–H and O–H groups in total. The number of hydrogen-bond donors (Lipinski definition) is 2. The number of hydrogen-bond acceptors (Lipinski definition) is 4. The molecule has 6 heteroatoms. The number of carbonyl (C=O) groups excluding carboxylic acids is 1. The lowest BCUT2D eigenvalue weighted by atomic mass is 9.80. The van der Waals surface area contributed by atoms with Crippen molar-refractivity contribution >= 4 is 11.6 Å². The van der Waals surface area contributed by atoms with E-state index in [1.165, 1.54) is 10.6 Å². The van der Waals surface area contributed by atoms with Crippen LogP contribution in [0.1, 0.15) is 43.6 Å². The standard InChI is InChI=1S/C18H25N3O3/c1-11(2)15(22)18(4,5)10-20-16(23)13-8-19-14-7-6-12(3)9-21(14)17(13)24/h6-9,11,15,22H,10H2,1-5H3,(H,20,23). The number of fused-ring (bicyclic) bond motifs is 1. The molecule has 0 saturated heterocycles. The zero-order valence-electron chi connectivity index (χ0n) is 14.8. The molecule has 0 radical (unpaired) electrons. The molecule has 0 saturated carbocycles. The Morgan fingerprint density at radius 1 is 1.38 bits per heavy atom. The van der Waals surface area contributed by atoms with Crippen molar-refractivity contribution in [3.63, 3.8) is 0 Å². The Bertz CT molecular complexity index is 809. The Labute approximate surface area is 141 Å². The van der Waals surface area contributed by atoms with Crippen molar-refractivity contribution < 1.29 is 9.90 Å². The Morgan fingerprint density at radius 2 is 2.04 bits per heavy atom. The lowest BCUT2D eigenvalue weighted by Gasteiger charge is -2.33. The number of nitrogens with zero attached hydrogens (tertiary/aromatic N) is 2. The largest absolute Gasteiger partial charge is 0.392 e. The van der Waals surface area contributed by atoms with Gasteiger partial charge in [0.1, 0.15) is 11.2 Å². The van der Waals surface area contributed by atoms with Gasteiger partial charge in [-0.2, -0.15) is 0 Å². The van der Waals surface area contributed by atoms with Gasteiger partial charge in [0, 0.05) is 24.4 Å². The van der Waals surface area contributed by atoms with Crippen LogP contribution in [0.15, 0.2) is 29.3 Å². The molecule has 0 fully saturated rings. The number of aliphatic hydroxyl groups excluding tert-OH is 1. The molecule has 24 heavy (non-hydrogen) atoms. The number of rotatable bonds is 5. The fraction of sp³-hybridized carbons (Fsp3) is 0.500. The first kappa shape index (κ1) is 18.1. The third-order valence-corrected chi connectivity index (χ3v) is 4.23. The van der Waals surface area contributed by atoms with Gasteiger partial charge in [0.15, 0.2) is 0 Å². The van der Waals surface area contributed by atoms with Gasteiger partial charge in [-0.05, 0) is 24.5 Å². The molecule has 2 aromatic rings. The van der Waals surface area contributed by atoms with Crippen molar-refractivity contribution in [1.29, 1.82) is 0 Å². The average Bonchev–Trinajstić information content (AvgIpc) is 2.52. The molecule has 0 bridgehead atoms. The van der Waals surface area contributed by atoms with E-state index >= 15 is 0 Å². The van der Waals surface area contributed by atoms with Gasteiger partial charge in [0.25, 0.3) is 11.5 Å². The Hall–Kier alpha value is -2.21. The minimum absolute atomic E-state index is 0.00654. The zero-order chi connectivity index (χ0) is 18.1. The lowest BCUT2D eigenvalue weighted by molar-refractivity contribution is 0.0138. The lowest BCUT2D eigenvalue weighted by Crippen LogP contribution is -2.44. The van der Waals surface area contributed by atoms with Crippen LogP contribution in [0.3, 0.4) is 0 Å². The maximum Gasteiger partial charge on any atom is 0.270 e. The van der Waals surface area contributed by atoms with E-state index in [1.807, 2.05) is 40.7 Å². The zero-order valence-corrected chi connectivity index (χ0v) is 14.8. The van der Waals surface area contributed by atoms with Crippen LogP contribution in [0.2, 0.25) is 0 Å². The van der Waals surface area contributed by atoms with E-state index in [2.05, 4.69) is 10.3 Å². The van der Waals surface area contributed by atoms with Crippen LogP contribution in [0.5, 0.6) is 0 Å². The third kappa shape index (κ3) is 3.64. The number of aryl methyl sites for hydroxylation is 1. The number of nitrogens with one attached hydrogen (secondary N) is 1. The van der Waals surface area contributed by atoms with Gasteiger partial charge in [-0.3, -0.25) is 14.0 Å². The molecule has 2 rings (SSSR count). The van der Waals surface area contributed by atoms with Crippen LogP contribution in [0.25, 0.3) is 5.65 Å². The van der Waals surface area contributed by atoms with Crippen molar-refractivity contribution in [1.82, 2.24) is 14.7 Å². The van der Waals surface area contributed by atoms with Crippen molar-refractivity contribution in [2.75, 3.05) is 6.54 Å². The molecule has 0 aliphatic rings. The van der Waals surface area contributed by atoms with Crippen molar-refractivity contribution in [2.45, 2.75) is 40.7 Å². The molecule has 0 aromatic carbocycles. The number of amides is 1. The van der Waals surface area contributed by atoms with Crippen LogP contribution in [0.4, 0.5) is 0 Å². The molecule has 6 nitrogen and oxygen atoms in total. The van der Waals surface area contributed by atoms with Gasteiger partial charge in [-0.15, -0.1) is 0 Å². The van der Waals surface area contributed by atoms with Crippen LogP contribution < -0.4 is 10.9 Å². The number of pyridine rings is 1. The van der Waals surface area contributed by atoms with E-state index in [-0.39, 0.29) is 18.0 Å². The van der Waals surface area contributed by atoms with Crippen molar-refractivity contribution in [3.05, 3.63) is 46.0 Å². The van der Waals surface area contributed by atoms with E-state index in [4.69, 9.17) is 0 Å². The van der Waals surface area contributed by atoms with E-state index in [0.29, 0.717) is 5.65 Å². The topological polar surface area (TPSA) is 83.7 Å². The molecule has 1 atom stereocenters. The minimum atomic E-state index is -0.559. The van der Waals surface area contributed by atoms with Crippen LogP contribution in [0, 0.1) is 18.3 Å². The van der Waals surface area contributed by atoms with Gasteiger partial charge in [0.05, 0.1) is 6.10 Å². The summed E-state index contributed by atoms with van der Waals surface area (Å²) in [6.45, 7) is 9.75. The molecule has 0 aliphatic carbocycles. The molecule has 2 heterocycles. The summed E-state index contributed by atoms with van der Waals surface area (Å²) in [7, 11) is 0. The summed E-state index contributed by atoms with van der Waals surface area (Å²) >= 11 is 0. The predicted octanol–water partition coefficient (Wildman–Crippen LogP) is 1.78. The molecule has 0 aliphatic heterocycles. The Kier molecular flexibility index (Phi) is 5.08. The predicted molar refractivity (Wildman–Crippen MR) is 93.2 cm³/mol. The number of aromatic nitrogens is 2. The summed E-state index contributed by atoms with van der Waals surface area (Å²) in [6, 6.07) is 3.60. The highest BCUT2D eigenvalue weighted by Crippen LogP contribution is 2.25. The van der Waals surface area contributed by atoms with Gasteiger partial charge >= 0.3 is 0 Å². The van der Waals surface area contributed by atoms with Crippen LogP contribution in [-0.4, -0.2) is 33.0 Å². The van der Waals surface area contributed by atoms with Gasteiger partial charge in [0.2, 0.25) is 0 Å². The second-order valence-electron chi connectivity index (χ2n) is 7.27. The smallest absolute Gasteiger partial charge is 0.270 e. The summed E-state index contributed by atoms with van der Waals surface area (Å²) in [5.74, 6) is -0.403. The van der Waals surface area contributed by atoms with Crippen LogP contribution in [-0.2, 0) is 0 Å². The summed E-state index contributed by atoms with van der Waals surface area (Å²) in [6.07, 6.45) is 2.40. The summed E-state index contributed by atoms with van der Waals surface area (Å²) in [5.41, 5.74) is 0.500. The highest BCUT2D eigenvalue weighted by atomic mass is 16.3. The molecule has 2 aromatic heterocycles. The van der Waals surface area contributed by atoms with E-state index < -0.39 is 23.0 Å². The highest BCUT2D eigenvalue weighted by molar-refractivity contribution is 5.93. The second kappa shape index (κ2) is 6.73. The highest BCUT2D eigenvalue weighted by Gasteiger charge is 2.31. The minimum Gasteiger partial charge on any atom is -0.392 e. The Morgan fingerprint density at radius 3 is 2.67 bits per heavy atom. The third-order valence-electron chi connectivity index (χ3n) is 4.23. The summed E-state index contributed by atoms with van der Waals surface area (Å²) < 4.78 is 1.37. The molecule has 0 spiro atoms. The Balaban J connectivity index is 2.23. The van der Waals surface area contributed by atoms with Gasteiger partial charge in [-0.25, -0.2) is 4.98 Å². The molecular formula is C18H25N3O3. The average molecular weight is 331 g/mol. The maximum absolute atomic E-state index is 12.5. The second-order valence-corrected chi connectivity index (χ2v) is 7.27. The number of carbonyl (C=O) groups is 1. The fourth-order valence-corrected chi connectivity index (χ4v) is 2.75. The molecule has 130 valence electrons. The van der Waals surface area contributed by atoms with Crippen molar-refractivity contribution in [3.8, 4) is 0 Å². The van der Waals surface area contributed by atoms with Crippen LogP contribution >= 0.6 is 0 Å². The quantitative estimate of drug-likeness (QED) is 0.875. The van der Waals surface area contributed by atoms with E-state index in [9.17, 15) is 14.7 Å². The monoisotopic (exact) mass is 331 g/mol. The fourth-order valence-electron chi connectivity index (χ4n) is 2.75. The van der Waals surface area contributed by atoms with E-state index in [0.717, 1.165) is 5.56 Å². The molecular weight excluding hydrogens is 306 g/mol. The van der Waals surface area contributed by atoms with Gasteiger partial charge < -0.3 is 10.4 Å². The molecule has 1 unspecified atom stereocenters. The number of aliphatic hydroxyl groups is 1. The summed E-state index contributed by atoms with van der Waals surface area (Å²) in [4.78, 5) is 29.1. The molecule has 1 amide bonds. The van der Waals surface area contributed by atoms with E-state index in [1.54, 1.807) is 12.3 Å². The normalized spacial score (nSPS) is 13.3. The SMILES string of the molecule is Cc1ccc2ncc(C(=O)NCC(C)(C)C(O)C(C)C)c(=O)n2c1.